The Morgan fingerprint density at radius 2 is 1.68 bits per heavy atom. The van der Waals surface area contributed by atoms with E-state index in [2.05, 4.69) is 43.6 Å². The number of anilines is 2. The largest absolute Gasteiger partial charge is 0.508 e. The zero-order chi connectivity index (χ0) is 58.0. The minimum Gasteiger partial charge on any atom is -0.508 e. The summed E-state index contributed by atoms with van der Waals surface area (Å²) in [6.45, 7) is 9.59. The molecule has 3 amide bonds. The fraction of sp³-hybridized carbons (Fsp3) is 0.424. The van der Waals surface area contributed by atoms with Crippen LogP contribution >= 0.6 is 11.6 Å². The molecule has 23 heteroatoms. The second kappa shape index (κ2) is 24.2. The van der Waals surface area contributed by atoms with Crippen molar-refractivity contribution in [1.29, 1.82) is 5.26 Å². The molecular weight excluding hydrogens is 1080 g/mol. The van der Waals surface area contributed by atoms with Crippen LogP contribution in [-0.2, 0) is 27.3 Å². The Hall–Kier alpha value is -8.00. The Morgan fingerprint density at radius 3 is 2.43 bits per heavy atom. The van der Waals surface area contributed by atoms with Gasteiger partial charge in [-0.1, -0.05) is 74.5 Å². The Kier molecular flexibility index (Phi) is 16.9. The maximum Gasteiger partial charge on any atom is 0.405 e. The highest BCUT2D eigenvalue weighted by Crippen LogP contribution is 2.42. The summed E-state index contributed by atoms with van der Waals surface area (Å²) < 4.78 is 54.1. The number of phenolic OH excluding ortho intramolecular Hbond substituents is 2. The van der Waals surface area contributed by atoms with Crippen molar-refractivity contribution in [1.82, 2.24) is 44.7 Å². The molecule has 2 aromatic heterocycles. The summed E-state index contributed by atoms with van der Waals surface area (Å²) in [6, 6.07) is 23.8. The number of piperidine rings is 1. The van der Waals surface area contributed by atoms with E-state index in [1.165, 1.54) is 16.7 Å². The van der Waals surface area contributed by atoms with E-state index in [0.717, 1.165) is 45.2 Å². The van der Waals surface area contributed by atoms with Gasteiger partial charge >= 0.3 is 12.2 Å². The van der Waals surface area contributed by atoms with Gasteiger partial charge in [0.2, 0.25) is 17.6 Å². The summed E-state index contributed by atoms with van der Waals surface area (Å²) in [6.07, 6.45) is -1.31. The van der Waals surface area contributed by atoms with E-state index in [1.54, 1.807) is 21.9 Å². The first kappa shape index (κ1) is 57.2. The number of benzene rings is 4. The third kappa shape index (κ3) is 12.1. The van der Waals surface area contributed by atoms with Crippen LogP contribution in [0.25, 0.3) is 27.8 Å². The zero-order valence-corrected chi connectivity index (χ0v) is 46.5. The average Bonchev–Trinajstić information content (AvgIpc) is 3.65. The second-order valence-electron chi connectivity index (χ2n) is 21.6. The molecule has 6 heterocycles. The number of carbonyl (C=O) groups excluding carboxylic acids is 3. The number of ether oxygens (including phenoxy) is 2. The summed E-state index contributed by atoms with van der Waals surface area (Å²) in [5, 5.41) is 44.3. The van der Waals surface area contributed by atoms with E-state index in [0.29, 0.717) is 94.3 Å². The van der Waals surface area contributed by atoms with Crippen molar-refractivity contribution in [2.45, 2.75) is 88.7 Å². The van der Waals surface area contributed by atoms with Gasteiger partial charge in [0.1, 0.15) is 37.1 Å². The van der Waals surface area contributed by atoms with Crippen molar-refractivity contribution < 1.29 is 47.2 Å². The number of phenols is 2. The number of amides is 3. The summed E-state index contributed by atoms with van der Waals surface area (Å²) in [5.41, 5.74) is 4.51. The number of aromatic nitrogens is 5. The molecule has 10 rings (SSSR count). The van der Waals surface area contributed by atoms with Crippen molar-refractivity contribution >= 4 is 51.6 Å². The molecule has 82 heavy (non-hydrogen) atoms. The van der Waals surface area contributed by atoms with Gasteiger partial charge in [-0.05, 0) is 91.4 Å². The SMILES string of the molecule is C=CC(=O)N1CCN(c2nc(OC[C@@H]3C[C@@H](OCC(=O)N4CCC(c5ccccc5-n5c(C(=O)NCC(F)(F)F)nnc5-c5cc(C(C)C)c(O)cc5O)CC4)CN3C)nc3c2CCN(c2cccc4cccc(Cl)c24)C3)C[C@@H]1CC#N. The molecule has 4 aliphatic heterocycles. The lowest BCUT2D eigenvalue weighted by molar-refractivity contribution is -0.139. The van der Waals surface area contributed by atoms with Crippen LogP contribution in [0.5, 0.6) is 17.5 Å². The number of aromatic hydroxyl groups is 2. The van der Waals surface area contributed by atoms with Crippen molar-refractivity contribution in [3.8, 4) is 40.7 Å². The molecule has 19 nitrogen and oxygen atoms in total. The maximum atomic E-state index is 13.8. The molecule has 0 bridgehead atoms. The lowest BCUT2D eigenvalue weighted by atomic mass is 9.88. The summed E-state index contributed by atoms with van der Waals surface area (Å²) in [4.78, 5) is 60.2. The van der Waals surface area contributed by atoms with Gasteiger partial charge in [-0.15, -0.1) is 10.2 Å². The number of likely N-dealkylation sites (tertiary alicyclic amines) is 2. The molecule has 0 radical (unpaired) electrons. The predicted octanol–water partition coefficient (Wildman–Crippen LogP) is 7.91. The number of piperazine rings is 1. The zero-order valence-electron chi connectivity index (χ0n) is 45.8. The lowest BCUT2D eigenvalue weighted by Gasteiger charge is -2.42. The monoisotopic (exact) mass is 1140 g/mol. The van der Waals surface area contributed by atoms with Gasteiger partial charge < -0.3 is 44.6 Å². The first-order chi connectivity index (χ1) is 39.4. The summed E-state index contributed by atoms with van der Waals surface area (Å²) in [7, 11) is 1.98. The number of carbonyl (C=O) groups is 3. The van der Waals surface area contributed by atoms with Crippen LogP contribution in [0, 0.1) is 11.3 Å². The van der Waals surface area contributed by atoms with Crippen molar-refractivity contribution in [3.63, 3.8) is 0 Å². The molecule has 3 fully saturated rings. The number of likely N-dealkylation sites (N-methyl/N-ethyl adjacent to an activating group) is 1. The third-order valence-corrected chi connectivity index (χ3v) is 16.4. The summed E-state index contributed by atoms with van der Waals surface area (Å²) >= 11 is 6.80. The highest BCUT2D eigenvalue weighted by atomic mass is 35.5. The number of hydrogen-bond acceptors (Lipinski definition) is 15. The number of para-hydroxylation sites is 1. The quantitative estimate of drug-likeness (QED) is 0.0785. The van der Waals surface area contributed by atoms with E-state index in [-0.39, 0.29) is 90.4 Å². The third-order valence-electron chi connectivity index (χ3n) is 16.0. The fourth-order valence-corrected chi connectivity index (χ4v) is 12.1. The molecule has 430 valence electrons. The molecule has 0 spiro atoms. The van der Waals surface area contributed by atoms with E-state index in [9.17, 15) is 43.0 Å². The molecule has 4 aliphatic rings. The molecule has 0 unspecified atom stereocenters. The fourth-order valence-electron chi connectivity index (χ4n) is 11.8. The van der Waals surface area contributed by atoms with Gasteiger partial charge in [-0.25, -0.2) is 0 Å². The van der Waals surface area contributed by atoms with Crippen LogP contribution in [0.2, 0.25) is 5.02 Å². The Morgan fingerprint density at radius 1 is 0.927 bits per heavy atom. The first-order valence-electron chi connectivity index (χ1n) is 27.4. The standard InChI is InChI=1S/C59H64ClF3N12O7/c1-5-51(78)74-25-24-73(29-38(74)16-20-64)54-42-19-23-72(48-15-9-11-37-10-8-13-45(60)53(37)48)31-46(42)66-58(67-54)82-32-39-26-40(30-70(39)4)81-33-52(79)71-21-17-36(18-22-71)41-12-6-7-14-47(41)75-55(44-27-43(35(2)3)49(76)28-50(44)77)68-69-56(75)57(80)65-34-59(61,62)63/h5-15,27-28,35-36,38-40,76-77H,1,16-19,21-26,29-34H2,2-4H3,(H,65,80)/t38-,39-,40+/m0/s1. The van der Waals surface area contributed by atoms with Crippen LogP contribution < -0.4 is 19.9 Å². The van der Waals surface area contributed by atoms with Gasteiger partial charge in [0.15, 0.2) is 5.82 Å². The van der Waals surface area contributed by atoms with Crippen LogP contribution in [0.4, 0.5) is 24.7 Å². The highest BCUT2D eigenvalue weighted by Gasteiger charge is 2.37. The molecule has 3 saturated heterocycles. The molecule has 0 saturated carbocycles. The molecular formula is C59H64ClF3N12O7. The molecule has 3 N–H and O–H groups in total. The number of nitrogens with one attached hydrogen (secondary N) is 1. The Labute approximate surface area is 477 Å². The minimum atomic E-state index is -4.70. The Bertz CT molecular complexity index is 3430. The lowest BCUT2D eigenvalue weighted by Crippen LogP contribution is -2.55. The van der Waals surface area contributed by atoms with Gasteiger partial charge in [0.25, 0.3) is 5.91 Å². The van der Waals surface area contributed by atoms with Gasteiger partial charge in [0.05, 0.1) is 53.1 Å². The predicted molar refractivity (Wildman–Crippen MR) is 301 cm³/mol. The topological polar surface area (TPSA) is 219 Å². The number of nitriles is 1. The van der Waals surface area contributed by atoms with E-state index >= 15 is 0 Å². The van der Waals surface area contributed by atoms with Crippen molar-refractivity contribution in [2.75, 3.05) is 82.4 Å². The number of fused-ring (bicyclic) bond motifs is 2. The minimum absolute atomic E-state index is 0.0197. The van der Waals surface area contributed by atoms with Crippen LogP contribution in [0.15, 0.2) is 85.5 Å². The van der Waals surface area contributed by atoms with Gasteiger partial charge in [-0.2, -0.15) is 28.4 Å². The number of alkyl halides is 3. The molecule has 6 aromatic rings. The summed E-state index contributed by atoms with van der Waals surface area (Å²) in [5.74, 6) is -2.15. The van der Waals surface area contributed by atoms with Crippen LogP contribution in [0.3, 0.4) is 0 Å². The van der Waals surface area contributed by atoms with E-state index in [4.69, 9.17) is 31.0 Å². The normalized spacial score (nSPS) is 18.9. The average molecular weight is 1150 g/mol. The van der Waals surface area contributed by atoms with Gasteiger partial charge in [-0.3, -0.25) is 23.9 Å². The van der Waals surface area contributed by atoms with Crippen molar-refractivity contribution in [3.05, 3.63) is 119 Å². The molecule has 3 atom stereocenters. The maximum absolute atomic E-state index is 13.8. The smallest absolute Gasteiger partial charge is 0.405 e. The number of rotatable bonds is 16. The van der Waals surface area contributed by atoms with Gasteiger partial charge in [0, 0.05) is 74.6 Å². The first-order valence-corrected chi connectivity index (χ1v) is 27.8. The Balaban J connectivity index is 0.803. The van der Waals surface area contributed by atoms with Crippen molar-refractivity contribution in [2.24, 2.45) is 0 Å². The number of nitrogens with zero attached hydrogens (tertiary/aromatic N) is 11. The highest BCUT2D eigenvalue weighted by molar-refractivity contribution is 6.36. The molecule has 0 aliphatic carbocycles. The van der Waals surface area contributed by atoms with Crippen LogP contribution in [-0.4, -0.2) is 164 Å². The van der Waals surface area contributed by atoms with E-state index < -0.39 is 24.5 Å². The molecule has 4 aromatic carbocycles. The number of hydrogen-bond donors (Lipinski definition) is 3. The number of halogens is 4. The van der Waals surface area contributed by atoms with E-state index in [1.807, 2.05) is 68.7 Å². The van der Waals surface area contributed by atoms with Crippen LogP contribution in [0.1, 0.15) is 84.4 Å². The second-order valence-corrected chi connectivity index (χ2v) is 22.0.